The highest BCUT2D eigenvalue weighted by molar-refractivity contribution is 7.80. The van der Waals surface area contributed by atoms with Crippen molar-refractivity contribution in [3.63, 3.8) is 0 Å². The van der Waals surface area contributed by atoms with Crippen LogP contribution in [0.1, 0.15) is 6.92 Å². The van der Waals surface area contributed by atoms with Gasteiger partial charge in [0.2, 0.25) is 0 Å². The van der Waals surface area contributed by atoms with Crippen molar-refractivity contribution in [3.05, 3.63) is 24.3 Å². The molecule has 1 heterocycles. The number of nitrogens with zero attached hydrogens (tertiary/aromatic N) is 1. The fourth-order valence-corrected chi connectivity index (χ4v) is 2.21. The lowest BCUT2D eigenvalue weighted by Gasteiger charge is -2.30. The molecular formula is C13H19N3OS. The van der Waals surface area contributed by atoms with Crippen molar-refractivity contribution in [1.82, 2.24) is 10.2 Å². The van der Waals surface area contributed by atoms with Gasteiger partial charge in [0.05, 0.1) is 12.3 Å². The number of thiocarbonyl (C=S) groups is 1. The minimum absolute atomic E-state index is 0.652. The van der Waals surface area contributed by atoms with E-state index in [1.165, 1.54) is 0 Å². The van der Waals surface area contributed by atoms with Gasteiger partial charge in [-0.25, -0.2) is 0 Å². The lowest BCUT2D eigenvalue weighted by molar-refractivity contribution is 0.341. The number of benzene rings is 1. The van der Waals surface area contributed by atoms with Crippen molar-refractivity contribution < 1.29 is 4.74 Å². The number of hydrogen-bond acceptors (Lipinski definition) is 3. The minimum atomic E-state index is 0.652. The van der Waals surface area contributed by atoms with Crippen LogP contribution in [0.5, 0.6) is 5.75 Å². The number of ether oxygens (including phenoxy) is 1. The summed E-state index contributed by atoms with van der Waals surface area (Å²) in [6.45, 7) is 6.49. The Morgan fingerprint density at radius 1 is 1.39 bits per heavy atom. The predicted molar refractivity (Wildman–Crippen MR) is 78.3 cm³/mol. The van der Waals surface area contributed by atoms with Crippen LogP contribution in [-0.4, -0.2) is 42.8 Å². The first-order chi connectivity index (χ1) is 8.81. The van der Waals surface area contributed by atoms with Crippen molar-refractivity contribution in [1.29, 1.82) is 0 Å². The summed E-state index contributed by atoms with van der Waals surface area (Å²) in [5.41, 5.74) is 0.933. The zero-order chi connectivity index (χ0) is 12.8. The largest absolute Gasteiger partial charge is 0.492 e. The molecule has 98 valence electrons. The summed E-state index contributed by atoms with van der Waals surface area (Å²) in [6.07, 6.45) is 0. The maximum Gasteiger partial charge on any atom is 0.173 e. The van der Waals surface area contributed by atoms with E-state index in [-0.39, 0.29) is 0 Å². The van der Waals surface area contributed by atoms with Crippen LogP contribution in [0.4, 0.5) is 5.69 Å². The normalized spacial score (nSPS) is 15.3. The summed E-state index contributed by atoms with van der Waals surface area (Å²) >= 11 is 5.43. The first-order valence-electron chi connectivity index (χ1n) is 6.29. The van der Waals surface area contributed by atoms with Gasteiger partial charge >= 0.3 is 0 Å². The van der Waals surface area contributed by atoms with Gasteiger partial charge in [0, 0.05) is 26.2 Å². The number of rotatable bonds is 3. The Morgan fingerprint density at radius 3 is 2.83 bits per heavy atom. The Hall–Kier alpha value is -1.33. The second-order valence-corrected chi connectivity index (χ2v) is 4.48. The minimum Gasteiger partial charge on any atom is -0.492 e. The summed E-state index contributed by atoms with van der Waals surface area (Å²) in [4.78, 5) is 2.18. The van der Waals surface area contributed by atoms with Crippen LogP contribution in [0.3, 0.4) is 0 Å². The highest BCUT2D eigenvalue weighted by Crippen LogP contribution is 2.24. The molecule has 4 nitrogen and oxygen atoms in total. The van der Waals surface area contributed by atoms with E-state index in [9.17, 15) is 0 Å². The summed E-state index contributed by atoms with van der Waals surface area (Å²) in [6, 6.07) is 7.88. The summed E-state index contributed by atoms with van der Waals surface area (Å²) < 4.78 is 5.57. The van der Waals surface area contributed by atoms with Crippen LogP contribution < -0.4 is 15.4 Å². The highest BCUT2D eigenvalue weighted by Gasteiger charge is 2.14. The molecular weight excluding hydrogens is 246 g/mol. The summed E-state index contributed by atoms with van der Waals surface area (Å²) in [7, 11) is 0. The van der Waals surface area contributed by atoms with Crippen molar-refractivity contribution >= 4 is 23.0 Å². The predicted octanol–water partition coefficient (Wildman–Crippen LogP) is 1.69. The molecule has 2 rings (SSSR count). The second-order valence-electron chi connectivity index (χ2n) is 4.10. The molecule has 5 heteroatoms. The molecule has 1 aliphatic rings. The van der Waals surface area contributed by atoms with Gasteiger partial charge in [0.25, 0.3) is 0 Å². The number of para-hydroxylation sites is 2. The second kappa shape index (κ2) is 6.56. The maximum atomic E-state index is 5.57. The third kappa shape index (κ3) is 3.34. The molecule has 18 heavy (non-hydrogen) atoms. The Bertz CT molecular complexity index is 405. The number of piperazine rings is 1. The Kier molecular flexibility index (Phi) is 4.78. The van der Waals surface area contributed by atoms with Crippen molar-refractivity contribution in [2.45, 2.75) is 6.92 Å². The molecule has 2 N–H and O–H groups in total. The van der Waals surface area contributed by atoms with Crippen molar-refractivity contribution in [2.75, 3.05) is 38.1 Å². The van der Waals surface area contributed by atoms with Crippen molar-refractivity contribution in [2.24, 2.45) is 0 Å². The molecule has 1 saturated heterocycles. The van der Waals surface area contributed by atoms with E-state index in [0.717, 1.165) is 42.7 Å². The average molecular weight is 265 g/mol. The van der Waals surface area contributed by atoms with E-state index >= 15 is 0 Å². The van der Waals surface area contributed by atoms with Crippen LogP contribution in [0.25, 0.3) is 0 Å². The van der Waals surface area contributed by atoms with E-state index in [1.807, 2.05) is 31.2 Å². The van der Waals surface area contributed by atoms with Crippen LogP contribution >= 0.6 is 12.2 Å². The molecule has 1 fully saturated rings. The Balaban J connectivity index is 2.01. The molecule has 1 aromatic carbocycles. The molecule has 0 saturated carbocycles. The van der Waals surface area contributed by atoms with Gasteiger partial charge in [0.1, 0.15) is 5.75 Å². The fraction of sp³-hybridized carbons (Fsp3) is 0.462. The van der Waals surface area contributed by atoms with Gasteiger partial charge in [-0.3, -0.25) is 0 Å². The van der Waals surface area contributed by atoms with E-state index in [1.54, 1.807) is 0 Å². The molecule has 0 atom stereocenters. The standard InChI is InChI=1S/C13H19N3OS/c1-2-17-12-6-4-3-5-11(12)15-13(18)16-9-7-14-8-10-16/h3-6,14H,2,7-10H2,1H3,(H,15,18). The highest BCUT2D eigenvalue weighted by atomic mass is 32.1. The molecule has 0 radical (unpaired) electrons. The van der Waals surface area contributed by atoms with E-state index in [4.69, 9.17) is 17.0 Å². The van der Waals surface area contributed by atoms with E-state index < -0.39 is 0 Å². The van der Waals surface area contributed by atoms with Crippen LogP contribution in [0.2, 0.25) is 0 Å². The molecule has 1 aromatic rings. The quantitative estimate of drug-likeness (QED) is 0.813. The zero-order valence-corrected chi connectivity index (χ0v) is 11.4. The van der Waals surface area contributed by atoms with E-state index in [2.05, 4.69) is 15.5 Å². The van der Waals surface area contributed by atoms with Gasteiger partial charge in [-0.1, -0.05) is 12.1 Å². The Morgan fingerprint density at radius 2 is 2.11 bits per heavy atom. The first kappa shape index (κ1) is 13.1. The van der Waals surface area contributed by atoms with Crippen LogP contribution in [0.15, 0.2) is 24.3 Å². The van der Waals surface area contributed by atoms with Crippen molar-refractivity contribution in [3.8, 4) is 5.75 Å². The van der Waals surface area contributed by atoms with Gasteiger partial charge < -0.3 is 20.3 Å². The third-order valence-electron chi connectivity index (χ3n) is 2.83. The Labute approximate surface area is 113 Å². The third-order valence-corrected chi connectivity index (χ3v) is 3.19. The van der Waals surface area contributed by atoms with Gasteiger partial charge in [0.15, 0.2) is 5.11 Å². The molecule has 0 aliphatic carbocycles. The molecule has 0 bridgehead atoms. The number of anilines is 1. The van der Waals surface area contributed by atoms with Gasteiger partial charge in [-0.2, -0.15) is 0 Å². The SMILES string of the molecule is CCOc1ccccc1NC(=S)N1CCNCC1. The van der Waals surface area contributed by atoms with Gasteiger partial charge in [-0.15, -0.1) is 0 Å². The molecule has 0 amide bonds. The fourth-order valence-electron chi connectivity index (χ4n) is 1.91. The number of hydrogen-bond donors (Lipinski definition) is 2. The smallest absolute Gasteiger partial charge is 0.173 e. The first-order valence-corrected chi connectivity index (χ1v) is 6.70. The number of nitrogens with one attached hydrogen (secondary N) is 2. The monoisotopic (exact) mass is 265 g/mol. The zero-order valence-electron chi connectivity index (χ0n) is 10.6. The van der Waals surface area contributed by atoms with Crippen LogP contribution in [0, 0.1) is 0 Å². The molecule has 1 aliphatic heterocycles. The topological polar surface area (TPSA) is 36.5 Å². The average Bonchev–Trinajstić information content (AvgIpc) is 2.42. The van der Waals surface area contributed by atoms with Crippen LogP contribution in [-0.2, 0) is 0 Å². The van der Waals surface area contributed by atoms with Gasteiger partial charge in [-0.05, 0) is 31.3 Å². The summed E-state index contributed by atoms with van der Waals surface area (Å²) in [5.74, 6) is 0.845. The maximum absolute atomic E-state index is 5.57. The molecule has 0 unspecified atom stereocenters. The lowest BCUT2D eigenvalue weighted by Crippen LogP contribution is -2.47. The lowest BCUT2D eigenvalue weighted by atomic mass is 10.3. The summed E-state index contributed by atoms with van der Waals surface area (Å²) in [5, 5.41) is 7.35. The molecule has 0 aromatic heterocycles. The molecule has 0 spiro atoms. The van der Waals surface area contributed by atoms with E-state index in [0.29, 0.717) is 6.61 Å².